The van der Waals surface area contributed by atoms with Crippen LogP contribution in [0.15, 0.2) is 11.2 Å². The van der Waals surface area contributed by atoms with Gasteiger partial charge in [-0.25, -0.2) is 13.4 Å². The van der Waals surface area contributed by atoms with E-state index in [4.69, 9.17) is 0 Å². The van der Waals surface area contributed by atoms with Gasteiger partial charge in [-0.05, 0) is 32.6 Å². The molecule has 7 nitrogen and oxygen atoms in total. The zero-order valence-corrected chi connectivity index (χ0v) is 13.3. The van der Waals surface area contributed by atoms with E-state index in [-0.39, 0.29) is 17.5 Å². The van der Waals surface area contributed by atoms with Crippen LogP contribution in [0.1, 0.15) is 32.5 Å². The van der Waals surface area contributed by atoms with Crippen molar-refractivity contribution >= 4 is 16.0 Å². The number of nitrogens with zero attached hydrogens (tertiary/aromatic N) is 3. The predicted molar refractivity (Wildman–Crippen MR) is 76.4 cm³/mol. The topological polar surface area (TPSA) is 92.5 Å². The van der Waals surface area contributed by atoms with Gasteiger partial charge in [0.15, 0.2) is 5.03 Å². The highest BCUT2D eigenvalue weighted by molar-refractivity contribution is 7.89. The van der Waals surface area contributed by atoms with E-state index >= 15 is 0 Å². The molecule has 2 heterocycles. The molecule has 1 aliphatic rings. The fourth-order valence-electron chi connectivity index (χ4n) is 2.68. The molecule has 0 aliphatic carbocycles. The van der Waals surface area contributed by atoms with Crippen molar-refractivity contribution in [2.45, 2.75) is 51.2 Å². The lowest BCUT2D eigenvalue weighted by atomic mass is 9.94. The molecule has 0 spiro atoms. The van der Waals surface area contributed by atoms with Crippen LogP contribution in [0.2, 0.25) is 0 Å². The Bertz CT molecular complexity index is 638. The van der Waals surface area contributed by atoms with Gasteiger partial charge < -0.3 is 9.67 Å². The molecule has 1 saturated heterocycles. The number of rotatable bonds is 4. The number of aryl methyl sites for hydroxylation is 2. The Morgan fingerprint density at radius 1 is 1.52 bits per heavy atom. The van der Waals surface area contributed by atoms with Crippen LogP contribution in [-0.4, -0.2) is 45.9 Å². The highest BCUT2D eigenvalue weighted by Crippen LogP contribution is 2.28. The van der Waals surface area contributed by atoms with Crippen molar-refractivity contribution in [1.82, 2.24) is 13.9 Å². The number of carboxylic acids is 1. The van der Waals surface area contributed by atoms with Crippen LogP contribution in [0.5, 0.6) is 0 Å². The summed E-state index contributed by atoms with van der Waals surface area (Å²) in [5, 5.41) is 9.24. The third kappa shape index (κ3) is 2.96. The monoisotopic (exact) mass is 315 g/mol. The lowest BCUT2D eigenvalue weighted by Gasteiger charge is -2.34. The van der Waals surface area contributed by atoms with Crippen LogP contribution in [0.3, 0.4) is 0 Å². The quantitative estimate of drug-likeness (QED) is 0.897. The number of hydrogen-bond acceptors (Lipinski definition) is 4. The highest BCUT2D eigenvalue weighted by Gasteiger charge is 2.40. The molecular formula is C13H21N3O4S. The molecule has 8 heteroatoms. The molecule has 2 atom stereocenters. The van der Waals surface area contributed by atoms with Gasteiger partial charge in [-0.15, -0.1) is 0 Å². The minimum Gasteiger partial charge on any atom is -0.480 e. The molecule has 1 N–H and O–H groups in total. The van der Waals surface area contributed by atoms with Gasteiger partial charge in [0.2, 0.25) is 0 Å². The maximum absolute atomic E-state index is 12.7. The molecule has 21 heavy (non-hydrogen) atoms. The van der Waals surface area contributed by atoms with E-state index in [1.807, 2.05) is 13.8 Å². The van der Waals surface area contributed by atoms with E-state index in [2.05, 4.69) is 4.98 Å². The van der Waals surface area contributed by atoms with Gasteiger partial charge in [-0.1, -0.05) is 6.92 Å². The largest absolute Gasteiger partial charge is 0.480 e. The first kappa shape index (κ1) is 16.0. The standard InChI is InChI=1S/C13H21N3O4S/c1-4-15-8-12(14-10(15)3)21(19,20)16-6-5-9(2)7-11(16)13(17)18/h8-9,11H,4-7H2,1-3H3,(H,17,18). The number of carboxylic acid groups (broad SMARTS) is 1. The Labute approximate surface area is 124 Å². The molecule has 0 saturated carbocycles. The van der Waals surface area contributed by atoms with Crippen molar-refractivity contribution in [3.05, 3.63) is 12.0 Å². The van der Waals surface area contributed by atoms with Crippen LogP contribution in [0, 0.1) is 12.8 Å². The maximum atomic E-state index is 12.7. The second-order valence-electron chi connectivity index (χ2n) is 5.51. The fourth-order valence-corrected chi connectivity index (χ4v) is 4.28. The van der Waals surface area contributed by atoms with E-state index in [1.54, 1.807) is 11.5 Å². The van der Waals surface area contributed by atoms with E-state index in [0.29, 0.717) is 25.2 Å². The van der Waals surface area contributed by atoms with Gasteiger partial charge in [-0.2, -0.15) is 4.31 Å². The SMILES string of the molecule is CCn1cc(S(=O)(=O)N2CCC(C)CC2C(=O)O)nc1C. The number of carbonyl (C=O) groups is 1. The summed E-state index contributed by atoms with van der Waals surface area (Å²) in [5.41, 5.74) is 0. The van der Waals surface area contributed by atoms with Gasteiger partial charge in [0, 0.05) is 19.3 Å². The lowest BCUT2D eigenvalue weighted by molar-refractivity contribution is -0.143. The zero-order valence-electron chi connectivity index (χ0n) is 12.5. The van der Waals surface area contributed by atoms with Crippen molar-refractivity contribution in [3.8, 4) is 0 Å². The van der Waals surface area contributed by atoms with Crippen molar-refractivity contribution < 1.29 is 18.3 Å². The number of aliphatic carboxylic acids is 1. The molecule has 0 bridgehead atoms. The summed E-state index contributed by atoms with van der Waals surface area (Å²) < 4.78 is 28.2. The molecule has 1 fully saturated rings. The molecule has 0 amide bonds. The average molecular weight is 315 g/mol. The third-order valence-corrected chi connectivity index (χ3v) is 5.75. The summed E-state index contributed by atoms with van der Waals surface area (Å²) >= 11 is 0. The van der Waals surface area contributed by atoms with Crippen LogP contribution < -0.4 is 0 Å². The van der Waals surface area contributed by atoms with Crippen molar-refractivity contribution in [1.29, 1.82) is 0 Å². The predicted octanol–water partition coefficient (Wildman–Crippen LogP) is 1.09. The highest BCUT2D eigenvalue weighted by atomic mass is 32.2. The van der Waals surface area contributed by atoms with Crippen LogP contribution >= 0.6 is 0 Å². The second kappa shape index (κ2) is 5.76. The smallest absolute Gasteiger partial charge is 0.322 e. The van der Waals surface area contributed by atoms with Crippen molar-refractivity contribution in [3.63, 3.8) is 0 Å². The van der Waals surface area contributed by atoms with Gasteiger partial charge in [0.05, 0.1) is 0 Å². The molecule has 0 aromatic carbocycles. The molecule has 2 rings (SSSR count). The summed E-state index contributed by atoms with van der Waals surface area (Å²) in [6.45, 7) is 6.41. The number of imidazole rings is 1. The molecule has 0 radical (unpaired) electrons. The van der Waals surface area contributed by atoms with Crippen molar-refractivity contribution in [2.75, 3.05) is 6.54 Å². The van der Waals surface area contributed by atoms with Gasteiger partial charge in [0.1, 0.15) is 11.9 Å². The normalized spacial score (nSPS) is 24.1. The minimum absolute atomic E-state index is 0.0670. The molecular weight excluding hydrogens is 294 g/mol. The molecule has 2 unspecified atom stereocenters. The van der Waals surface area contributed by atoms with Gasteiger partial charge >= 0.3 is 5.97 Å². The van der Waals surface area contributed by atoms with Crippen LogP contribution in [0.4, 0.5) is 0 Å². The van der Waals surface area contributed by atoms with Crippen LogP contribution in [0.25, 0.3) is 0 Å². The van der Waals surface area contributed by atoms with Gasteiger partial charge in [0.25, 0.3) is 10.0 Å². The Hall–Kier alpha value is -1.41. The molecule has 1 aromatic rings. The first-order valence-electron chi connectivity index (χ1n) is 7.05. The number of sulfonamides is 1. The minimum atomic E-state index is -3.87. The van der Waals surface area contributed by atoms with Crippen molar-refractivity contribution in [2.24, 2.45) is 5.92 Å². The van der Waals surface area contributed by atoms with E-state index in [9.17, 15) is 18.3 Å². The molecule has 1 aliphatic heterocycles. The number of piperidine rings is 1. The summed E-state index contributed by atoms with van der Waals surface area (Å²) in [5.74, 6) is -0.294. The molecule has 1 aromatic heterocycles. The Balaban J connectivity index is 2.39. The molecule has 118 valence electrons. The maximum Gasteiger partial charge on any atom is 0.322 e. The fraction of sp³-hybridized carbons (Fsp3) is 0.692. The Morgan fingerprint density at radius 3 is 2.71 bits per heavy atom. The summed E-state index contributed by atoms with van der Waals surface area (Å²) in [4.78, 5) is 15.5. The summed E-state index contributed by atoms with van der Waals surface area (Å²) in [7, 11) is -3.87. The van der Waals surface area contributed by atoms with Gasteiger partial charge in [-0.3, -0.25) is 4.79 Å². The third-order valence-electron chi connectivity index (χ3n) is 3.97. The van der Waals surface area contributed by atoms with E-state index in [1.165, 1.54) is 6.20 Å². The summed E-state index contributed by atoms with van der Waals surface area (Å²) in [6, 6.07) is -1.01. The van der Waals surface area contributed by atoms with E-state index in [0.717, 1.165) is 4.31 Å². The van der Waals surface area contributed by atoms with Crippen LogP contribution in [-0.2, 0) is 21.4 Å². The van der Waals surface area contributed by atoms with E-state index < -0.39 is 22.0 Å². The first-order valence-corrected chi connectivity index (χ1v) is 8.49. The Morgan fingerprint density at radius 2 is 2.19 bits per heavy atom. The second-order valence-corrected chi connectivity index (χ2v) is 7.35. The average Bonchev–Trinajstić information content (AvgIpc) is 2.80. The first-order chi connectivity index (χ1) is 9.77. The lowest BCUT2D eigenvalue weighted by Crippen LogP contribution is -2.49. The number of hydrogen-bond donors (Lipinski definition) is 1. The summed E-state index contributed by atoms with van der Waals surface area (Å²) in [6.07, 6.45) is 2.47. The number of aromatic nitrogens is 2. The Kier molecular flexibility index (Phi) is 4.38. The zero-order chi connectivity index (χ0) is 15.8.